The van der Waals surface area contributed by atoms with Crippen molar-refractivity contribution < 1.29 is 0 Å². The first-order chi connectivity index (χ1) is 9.35. The lowest BCUT2D eigenvalue weighted by Crippen LogP contribution is -2.39. The van der Waals surface area contributed by atoms with Gasteiger partial charge >= 0.3 is 0 Å². The summed E-state index contributed by atoms with van der Waals surface area (Å²) in [7, 11) is 0. The molecule has 0 aromatic carbocycles. The second-order valence-corrected chi connectivity index (χ2v) is 4.64. The van der Waals surface area contributed by atoms with Gasteiger partial charge in [-0.15, -0.1) is 6.58 Å². The molecule has 100 valence electrons. The third-order valence-electron chi connectivity index (χ3n) is 3.33. The number of rotatable bonds is 5. The third-order valence-corrected chi connectivity index (χ3v) is 3.33. The highest BCUT2D eigenvalue weighted by Gasteiger charge is 2.23. The minimum atomic E-state index is 0.279. The number of nitrogens with zero attached hydrogens (tertiary/aromatic N) is 4. The van der Waals surface area contributed by atoms with Crippen molar-refractivity contribution in [2.24, 2.45) is 0 Å². The zero-order valence-corrected chi connectivity index (χ0v) is 11.0. The van der Waals surface area contributed by atoms with Crippen molar-refractivity contribution in [3.63, 3.8) is 0 Å². The maximum atomic E-state index is 8.92. The van der Waals surface area contributed by atoms with Gasteiger partial charge in [0.05, 0.1) is 12.5 Å². The van der Waals surface area contributed by atoms with E-state index in [2.05, 4.69) is 32.8 Å². The van der Waals surface area contributed by atoms with Crippen LogP contribution in [0.3, 0.4) is 0 Å². The minimum absolute atomic E-state index is 0.279. The molecule has 1 aromatic heterocycles. The van der Waals surface area contributed by atoms with Crippen LogP contribution >= 0.6 is 0 Å². The van der Waals surface area contributed by atoms with Crippen molar-refractivity contribution in [2.75, 3.05) is 23.3 Å². The van der Waals surface area contributed by atoms with Crippen LogP contribution in [0.2, 0.25) is 0 Å². The standard InChI is InChI=1S/C14H19N5/c1-2-8-16-13-10-14(18-11-17-13)19-9-4-3-5-12(19)6-7-15/h2,10-12H,1,3-6,8-9H2,(H,16,17,18). The van der Waals surface area contributed by atoms with Crippen molar-refractivity contribution in [1.82, 2.24) is 9.97 Å². The van der Waals surface area contributed by atoms with E-state index in [1.807, 2.05) is 6.07 Å². The average molecular weight is 257 g/mol. The van der Waals surface area contributed by atoms with Crippen molar-refractivity contribution >= 4 is 11.6 Å². The van der Waals surface area contributed by atoms with E-state index >= 15 is 0 Å². The first kappa shape index (κ1) is 13.3. The molecule has 0 radical (unpaired) electrons. The van der Waals surface area contributed by atoms with Crippen LogP contribution in [0.5, 0.6) is 0 Å². The Bertz CT molecular complexity index is 465. The summed E-state index contributed by atoms with van der Waals surface area (Å²) in [6.07, 6.45) is 7.32. The highest BCUT2D eigenvalue weighted by Crippen LogP contribution is 2.25. The molecule has 0 aliphatic carbocycles. The van der Waals surface area contributed by atoms with Crippen molar-refractivity contribution in [1.29, 1.82) is 5.26 Å². The molecule has 1 unspecified atom stereocenters. The molecule has 1 fully saturated rings. The van der Waals surface area contributed by atoms with Gasteiger partial charge in [0, 0.05) is 25.2 Å². The Kier molecular flexibility index (Phi) is 4.73. The molecule has 5 heteroatoms. The van der Waals surface area contributed by atoms with Crippen LogP contribution in [0.15, 0.2) is 25.0 Å². The van der Waals surface area contributed by atoms with Gasteiger partial charge in [-0.2, -0.15) is 5.26 Å². The lowest BCUT2D eigenvalue weighted by Gasteiger charge is -2.35. The van der Waals surface area contributed by atoms with Crippen LogP contribution in [0.25, 0.3) is 0 Å². The van der Waals surface area contributed by atoms with Gasteiger partial charge in [-0.1, -0.05) is 6.08 Å². The number of anilines is 2. The monoisotopic (exact) mass is 257 g/mol. The molecular formula is C14H19N5. The average Bonchev–Trinajstić information content (AvgIpc) is 2.46. The molecule has 1 aromatic rings. The maximum Gasteiger partial charge on any atom is 0.134 e. The highest BCUT2D eigenvalue weighted by molar-refractivity contribution is 5.49. The second-order valence-electron chi connectivity index (χ2n) is 4.64. The fourth-order valence-electron chi connectivity index (χ4n) is 2.40. The van der Waals surface area contributed by atoms with Crippen LogP contribution in [-0.4, -0.2) is 29.1 Å². The van der Waals surface area contributed by atoms with Gasteiger partial charge in [0.15, 0.2) is 0 Å². The Morgan fingerprint density at radius 2 is 2.42 bits per heavy atom. The Hall–Kier alpha value is -2.09. The van der Waals surface area contributed by atoms with Gasteiger partial charge in [-0.3, -0.25) is 0 Å². The summed E-state index contributed by atoms with van der Waals surface area (Å²) in [5.41, 5.74) is 0. The van der Waals surface area contributed by atoms with Gasteiger partial charge < -0.3 is 10.2 Å². The number of nitrogens with one attached hydrogen (secondary N) is 1. The van der Waals surface area contributed by atoms with E-state index in [9.17, 15) is 0 Å². The smallest absolute Gasteiger partial charge is 0.134 e. The van der Waals surface area contributed by atoms with E-state index in [4.69, 9.17) is 5.26 Å². The zero-order chi connectivity index (χ0) is 13.5. The molecule has 5 nitrogen and oxygen atoms in total. The molecule has 0 amide bonds. The molecule has 2 heterocycles. The summed E-state index contributed by atoms with van der Waals surface area (Å²) in [6.45, 7) is 5.31. The van der Waals surface area contributed by atoms with Crippen LogP contribution in [0, 0.1) is 11.3 Å². The number of nitriles is 1. The maximum absolute atomic E-state index is 8.92. The summed E-state index contributed by atoms with van der Waals surface area (Å²) in [4.78, 5) is 10.8. The quantitative estimate of drug-likeness (QED) is 0.820. The molecule has 1 aliphatic heterocycles. The summed E-state index contributed by atoms with van der Waals surface area (Å²) in [5.74, 6) is 1.70. The van der Waals surface area contributed by atoms with E-state index in [1.165, 1.54) is 6.42 Å². The Morgan fingerprint density at radius 1 is 1.53 bits per heavy atom. The predicted octanol–water partition coefficient (Wildman–Crippen LogP) is 2.35. The fraction of sp³-hybridized carbons (Fsp3) is 0.500. The number of hydrogen-bond acceptors (Lipinski definition) is 5. The molecule has 2 rings (SSSR count). The van der Waals surface area contributed by atoms with Crippen LogP contribution in [0.4, 0.5) is 11.6 Å². The van der Waals surface area contributed by atoms with Gasteiger partial charge in [-0.05, 0) is 19.3 Å². The summed E-state index contributed by atoms with van der Waals surface area (Å²) < 4.78 is 0. The summed E-state index contributed by atoms with van der Waals surface area (Å²) in [6, 6.07) is 4.49. The summed E-state index contributed by atoms with van der Waals surface area (Å²) in [5, 5.41) is 12.1. The molecule has 0 spiro atoms. The van der Waals surface area contributed by atoms with E-state index < -0.39 is 0 Å². The molecule has 0 saturated carbocycles. The minimum Gasteiger partial charge on any atom is -0.366 e. The number of hydrogen-bond donors (Lipinski definition) is 1. The first-order valence-corrected chi connectivity index (χ1v) is 6.65. The fourth-order valence-corrected chi connectivity index (χ4v) is 2.40. The van der Waals surface area contributed by atoms with Gasteiger partial charge in [0.2, 0.25) is 0 Å². The first-order valence-electron chi connectivity index (χ1n) is 6.65. The molecular weight excluding hydrogens is 238 g/mol. The van der Waals surface area contributed by atoms with Crippen LogP contribution in [-0.2, 0) is 0 Å². The lowest BCUT2D eigenvalue weighted by atomic mass is 10.00. The number of aromatic nitrogens is 2. The Morgan fingerprint density at radius 3 is 3.21 bits per heavy atom. The van der Waals surface area contributed by atoms with E-state index in [1.54, 1.807) is 12.4 Å². The molecule has 1 atom stereocenters. The predicted molar refractivity (Wildman–Crippen MR) is 75.9 cm³/mol. The van der Waals surface area contributed by atoms with Gasteiger partial charge in [0.1, 0.15) is 18.0 Å². The molecule has 0 bridgehead atoms. The van der Waals surface area contributed by atoms with E-state index in [0.29, 0.717) is 13.0 Å². The molecule has 1 aliphatic rings. The topological polar surface area (TPSA) is 64.8 Å². The van der Waals surface area contributed by atoms with E-state index in [-0.39, 0.29) is 6.04 Å². The van der Waals surface area contributed by atoms with Crippen molar-refractivity contribution in [2.45, 2.75) is 31.7 Å². The zero-order valence-electron chi connectivity index (χ0n) is 11.0. The number of piperidine rings is 1. The van der Waals surface area contributed by atoms with Gasteiger partial charge in [0.25, 0.3) is 0 Å². The molecule has 1 saturated heterocycles. The Balaban J connectivity index is 2.14. The van der Waals surface area contributed by atoms with Crippen molar-refractivity contribution in [3.05, 3.63) is 25.0 Å². The Labute approximate surface area is 114 Å². The van der Waals surface area contributed by atoms with Crippen molar-refractivity contribution in [3.8, 4) is 6.07 Å². The second kappa shape index (κ2) is 6.74. The third kappa shape index (κ3) is 3.44. The summed E-state index contributed by atoms with van der Waals surface area (Å²) >= 11 is 0. The lowest BCUT2D eigenvalue weighted by molar-refractivity contribution is 0.461. The normalized spacial score (nSPS) is 18.7. The molecule has 1 N–H and O–H groups in total. The van der Waals surface area contributed by atoms with Crippen LogP contribution < -0.4 is 10.2 Å². The SMILES string of the molecule is C=CCNc1cc(N2CCCCC2CC#N)ncn1. The van der Waals surface area contributed by atoms with Crippen LogP contribution in [0.1, 0.15) is 25.7 Å². The largest absolute Gasteiger partial charge is 0.366 e. The van der Waals surface area contributed by atoms with Gasteiger partial charge in [-0.25, -0.2) is 9.97 Å². The van der Waals surface area contributed by atoms with E-state index in [0.717, 1.165) is 31.0 Å². The highest BCUT2D eigenvalue weighted by atomic mass is 15.2. The molecule has 19 heavy (non-hydrogen) atoms.